The lowest BCUT2D eigenvalue weighted by atomic mass is 9.45. The molecule has 2 N–H and O–H groups in total. The van der Waals surface area contributed by atoms with Crippen molar-refractivity contribution in [3.05, 3.63) is 0 Å². The molecule has 3 aliphatic carbocycles. The first-order chi connectivity index (χ1) is 5.03. The van der Waals surface area contributed by atoms with Crippen molar-refractivity contribution < 1.29 is 0 Å². The molecule has 64 valence electrons. The van der Waals surface area contributed by atoms with E-state index in [9.17, 15) is 0 Å². The molecule has 0 unspecified atom stereocenters. The molecule has 1 heteroatoms. The van der Waals surface area contributed by atoms with E-state index in [0.29, 0.717) is 11.5 Å². The van der Waals surface area contributed by atoms with E-state index in [4.69, 9.17) is 5.73 Å². The molecule has 0 aromatic carbocycles. The molecule has 3 saturated carbocycles. The Balaban J connectivity index is 2.17. The maximum atomic E-state index is 6.02. The van der Waals surface area contributed by atoms with Crippen molar-refractivity contribution in [2.24, 2.45) is 28.9 Å². The molecule has 0 amide bonds. The summed E-state index contributed by atoms with van der Waals surface area (Å²) in [4.78, 5) is 0. The summed E-state index contributed by atoms with van der Waals surface area (Å²) in [5.41, 5.74) is 6.63. The minimum atomic E-state index is 0.492. The van der Waals surface area contributed by atoms with E-state index in [2.05, 4.69) is 20.8 Å². The van der Waals surface area contributed by atoms with Crippen molar-refractivity contribution >= 4 is 0 Å². The Morgan fingerprint density at radius 3 is 2.27 bits per heavy atom. The molecule has 0 aliphatic heterocycles. The molecule has 3 fully saturated rings. The first kappa shape index (κ1) is 7.60. The summed E-state index contributed by atoms with van der Waals surface area (Å²) in [6, 6.07) is 0.492. The minimum absolute atomic E-state index is 0.492. The van der Waals surface area contributed by atoms with Gasteiger partial charge in [0.1, 0.15) is 0 Å². The van der Waals surface area contributed by atoms with Gasteiger partial charge in [-0.3, -0.25) is 0 Å². The summed E-state index contributed by atoms with van der Waals surface area (Å²) >= 11 is 0. The van der Waals surface area contributed by atoms with Crippen LogP contribution in [0.15, 0.2) is 0 Å². The van der Waals surface area contributed by atoms with Crippen molar-refractivity contribution in [2.75, 3.05) is 0 Å². The van der Waals surface area contributed by atoms with Gasteiger partial charge in [0.05, 0.1) is 0 Å². The summed E-state index contributed by atoms with van der Waals surface area (Å²) in [5.74, 6) is 2.60. The van der Waals surface area contributed by atoms with Gasteiger partial charge in [-0.2, -0.15) is 0 Å². The Bertz CT molecular complexity index is 174. The second-order valence-corrected chi connectivity index (χ2v) is 5.12. The minimum Gasteiger partial charge on any atom is -0.327 e. The summed E-state index contributed by atoms with van der Waals surface area (Å²) in [6.07, 6.45) is 2.71. The molecule has 0 spiro atoms. The lowest BCUT2D eigenvalue weighted by molar-refractivity contribution is -0.108. The van der Waals surface area contributed by atoms with E-state index in [1.807, 2.05) is 0 Å². The lowest BCUT2D eigenvalue weighted by Gasteiger charge is -2.61. The molecular formula is C10H19N. The van der Waals surface area contributed by atoms with Crippen LogP contribution in [0.5, 0.6) is 0 Å². The third-order valence-electron chi connectivity index (χ3n) is 4.41. The Labute approximate surface area is 69.4 Å². The fraction of sp³-hybridized carbons (Fsp3) is 1.00. The quantitative estimate of drug-likeness (QED) is 0.566. The summed E-state index contributed by atoms with van der Waals surface area (Å²) < 4.78 is 0. The van der Waals surface area contributed by atoms with Crippen LogP contribution in [0.3, 0.4) is 0 Å². The fourth-order valence-corrected chi connectivity index (χ4v) is 3.19. The van der Waals surface area contributed by atoms with Gasteiger partial charge in [-0.25, -0.2) is 0 Å². The first-order valence-electron chi connectivity index (χ1n) is 4.79. The second-order valence-electron chi connectivity index (χ2n) is 5.12. The molecular weight excluding hydrogens is 134 g/mol. The zero-order chi connectivity index (χ0) is 8.22. The van der Waals surface area contributed by atoms with Crippen LogP contribution in [-0.2, 0) is 0 Å². The van der Waals surface area contributed by atoms with Crippen LogP contribution in [-0.4, -0.2) is 6.04 Å². The molecule has 3 rings (SSSR count). The van der Waals surface area contributed by atoms with E-state index in [0.717, 1.165) is 17.8 Å². The predicted molar refractivity (Wildman–Crippen MR) is 47.1 cm³/mol. The highest BCUT2D eigenvalue weighted by atomic mass is 14.7. The molecule has 3 aliphatic rings. The molecule has 0 heterocycles. The molecule has 0 aromatic heterocycles. The van der Waals surface area contributed by atoms with Crippen molar-refractivity contribution in [1.29, 1.82) is 0 Å². The number of fused-ring (bicyclic) bond motifs is 2. The van der Waals surface area contributed by atoms with Crippen LogP contribution in [0.25, 0.3) is 0 Å². The molecule has 4 atom stereocenters. The van der Waals surface area contributed by atoms with Crippen LogP contribution >= 0.6 is 0 Å². The summed E-state index contributed by atoms with van der Waals surface area (Å²) in [7, 11) is 0. The van der Waals surface area contributed by atoms with Gasteiger partial charge in [0.15, 0.2) is 0 Å². The Morgan fingerprint density at radius 2 is 1.91 bits per heavy atom. The summed E-state index contributed by atoms with van der Waals surface area (Å²) in [6.45, 7) is 7.15. The molecule has 2 bridgehead atoms. The van der Waals surface area contributed by atoms with Gasteiger partial charge in [0, 0.05) is 6.04 Å². The monoisotopic (exact) mass is 153 g/mol. The largest absolute Gasteiger partial charge is 0.327 e. The van der Waals surface area contributed by atoms with Crippen molar-refractivity contribution in [1.82, 2.24) is 0 Å². The molecule has 0 saturated heterocycles. The molecule has 0 radical (unpaired) electrons. The average Bonchev–Trinajstić information content (AvgIpc) is 1.93. The predicted octanol–water partition coefficient (Wildman–Crippen LogP) is 2.02. The number of rotatable bonds is 0. The van der Waals surface area contributed by atoms with E-state index in [-0.39, 0.29) is 0 Å². The highest BCUT2D eigenvalue weighted by Crippen LogP contribution is 2.60. The lowest BCUT2D eigenvalue weighted by Crippen LogP contribution is -2.58. The maximum absolute atomic E-state index is 6.02. The van der Waals surface area contributed by atoms with E-state index in [1.54, 1.807) is 0 Å². The SMILES string of the molecule is C[C@H]1[C@H](N)C[C@@H]2C[C@H]1C2(C)C. The van der Waals surface area contributed by atoms with Crippen LogP contribution in [0.2, 0.25) is 0 Å². The fourth-order valence-electron chi connectivity index (χ4n) is 3.19. The van der Waals surface area contributed by atoms with Gasteiger partial charge in [0.2, 0.25) is 0 Å². The molecule has 0 aromatic rings. The van der Waals surface area contributed by atoms with Crippen molar-refractivity contribution in [2.45, 2.75) is 39.7 Å². The standard InChI is InChI=1S/C10H19N/c1-6-8-4-7(5-9(6)11)10(8,2)3/h6-9H,4-5,11H2,1-3H3/t6-,7+,8-,9-/m1/s1. The molecule has 1 nitrogen and oxygen atoms in total. The third kappa shape index (κ3) is 0.807. The van der Waals surface area contributed by atoms with Gasteiger partial charge >= 0.3 is 0 Å². The van der Waals surface area contributed by atoms with Crippen molar-refractivity contribution in [3.8, 4) is 0 Å². The molecule has 11 heavy (non-hydrogen) atoms. The topological polar surface area (TPSA) is 26.0 Å². The smallest absolute Gasteiger partial charge is 0.00702 e. The van der Waals surface area contributed by atoms with Crippen LogP contribution in [0.1, 0.15) is 33.6 Å². The third-order valence-corrected chi connectivity index (χ3v) is 4.41. The Kier molecular flexibility index (Phi) is 1.39. The van der Waals surface area contributed by atoms with E-state index < -0.39 is 0 Å². The van der Waals surface area contributed by atoms with Crippen molar-refractivity contribution in [3.63, 3.8) is 0 Å². The second kappa shape index (κ2) is 2.01. The highest BCUT2D eigenvalue weighted by molar-refractivity contribution is 5.06. The van der Waals surface area contributed by atoms with Crippen LogP contribution in [0.4, 0.5) is 0 Å². The van der Waals surface area contributed by atoms with Crippen LogP contribution < -0.4 is 5.73 Å². The van der Waals surface area contributed by atoms with Gasteiger partial charge in [-0.1, -0.05) is 20.8 Å². The number of nitrogens with two attached hydrogens (primary N) is 1. The Morgan fingerprint density at radius 1 is 1.27 bits per heavy atom. The summed E-state index contributed by atoms with van der Waals surface area (Å²) in [5, 5.41) is 0. The zero-order valence-electron chi connectivity index (χ0n) is 7.80. The van der Waals surface area contributed by atoms with Gasteiger partial charge < -0.3 is 5.73 Å². The average molecular weight is 153 g/mol. The number of hydrogen-bond acceptors (Lipinski definition) is 1. The zero-order valence-corrected chi connectivity index (χ0v) is 7.80. The number of hydrogen-bond donors (Lipinski definition) is 1. The van der Waals surface area contributed by atoms with Gasteiger partial charge in [0.25, 0.3) is 0 Å². The highest BCUT2D eigenvalue weighted by Gasteiger charge is 2.55. The maximum Gasteiger partial charge on any atom is 0.00702 e. The Hall–Kier alpha value is -0.0400. The first-order valence-corrected chi connectivity index (χ1v) is 4.79. The van der Waals surface area contributed by atoms with E-state index in [1.165, 1.54) is 12.8 Å². The normalized spacial score (nSPS) is 53.5. The van der Waals surface area contributed by atoms with Gasteiger partial charge in [-0.15, -0.1) is 0 Å². The van der Waals surface area contributed by atoms with E-state index >= 15 is 0 Å². The van der Waals surface area contributed by atoms with Crippen LogP contribution in [0, 0.1) is 23.2 Å². The van der Waals surface area contributed by atoms with Gasteiger partial charge in [-0.05, 0) is 36.0 Å².